The van der Waals surface area contributed by atoms with E-state index in [1.54, 1.807) is 36.0 Å². The minimum Gasteiger partial charge on any atom is -0.355 e. The van der Waals surface area contributed by atoms with Crippen LogP contribution in [0.2, 0.25) is 5.02 Å². The molecular weight excluding hydrogens is 414 g/mol. The molecule has 0 unspecified atom stereocenters. The van der Waals surface area contributed by atoms with E-state index in [1.165, 1.54) is 18.2 Å². The van der Waals surface area contributed by atoms with Crippen LogP contribution in [0.5, 0.6) is 0 Å². The summed E-state index contributed by atoms with van der Waals surface area (Å²) in [7, 11) is 0. The summed E-state index contributed by atoms with van der Waals surface area (Å²) in [4.78, 5) is 14.7. The minimum absolute atomic E-state index is 0.0329. The number of hydrogen-bond donors (Lipinski definition) is 1. The molecule has 0 spiro atoms. The Kier molecular flexibility index (Phi) is 8.33. The van der Waals surface area contributed by atoms with E-state index in [0.29, 0.717) is 28.6 Å². The molecule has 2 aromatic carbocycles. The van der Waals surface area contributed by atoms with Crippen molar-refractivity contribution in [2.24, 2.45) is 5.92 Å². The second-order valence-electron chi connectivity index (χ2n) is 7.22. The van der Waals surface area contributed by atoms with E-state index in [4.69, 9.17) is 11.6 Å². The van der Waals surface area contributed by atoms with Gasteiger partial charge < -0.3 is 5.32 Å². The Labute approximate surface area is 179 Å². The molecule has 0 saturated carbocycles. The molecule has 1 N–H and O–H groups in total. The molecule has 0 atom stereocenters. The summed E-state index contributed by atoms with van der Waals surface area (Å²) in [6.45, 7) is 3.06. The van der Waals surface area contributed by atoms with Crippen LogP contribution in [0, 0.1) is 17.6 Å². The number of carbonyl (C=O) groups is 1. The Morgan fingerprint density at radius 1 is 1.14 bits per heavy atom. The van der Waals surface area contributed by atoms with Gasteiger partial charge in [0.15, 0.2) is 0 Å². The highest BCUT2D eigenvalue weighted by Gasteiger charge is 2.24. The number of amides is 1. The van der Waals surface area contributed by atoms with Gasteiger partial charge in [0.2, 0.25) is 5.91 Å². The highest BCUT2D eigenvalue weighted by molar-refractivity contribution is 7.98. The zero-order valence-corrected chi connectivity index (χ0v) is 17.7. The van der Waals surface area contributed by atoms with Gasteiger partial charge in [-0.15, -0.1) is 0 Å². The first-order valence-corrected chi connectivity index (χ1v) is 11.3. The fourth-order valence-electron chi connectivity index (χ4n) is 3.44. The average Bonchev–Trinajstić information content (AvgIpc) is 2.72. The Morgan fingerprint density at radius 3 is 2.55 bits per heavy atom. The van der Waals surface area contributed by atoms with Gasteiger partial charge in [0.1, 0.15) is 11.6 Å². The second-order valence-corrected chi connectivity index (χ2v) is 8.73. The Bertz CT molecular complexity index is 791. The lowest BCUT2D eigenvalue weighted by molar-refractivity contribution is -0.126. The van der Waals surface area contributed by atoms with Crippen LogP contribution >= 0.6 is 23.4 Å². The third kappa shape index (κ3) is 6.69. The van der Waals surface area contributed by atoms with Crippen molar-refractivity contribution >= 4 is 29.3 Å². The van der Waals surface area contributed by atoms with Crippen molar-refractivity contribution in [1.29, 1.82) is 0 Å². The summed E-state index contributed by atoms with van der Waals surface area (Å²) in [5.41, 5.74) is 1.60. The summed E-state index contributed by atoms with van der Waals surface area (Å²) >= 11 is 7.57. The van der Waals surface area contributed by atoms with Crippen LogP contribution in [0.1, 0.15) is 24.0 Å². The third-order valence-corrected chi connectivity index (χ3v) is 6.47. The number of halogens is 3. The summed E-state index contributed by atoms with van der Waals surface area (Å²) in [5.74, 6) is 0.811. The number of thioether (sulfide) groups is 1. The van der Waals surface area contributed by atoms with E-state index in [-0.39, 0.29) is 23.5 Å². The number of likely N-dealkylation sites (tertiary alicyclic amines) is 1. The van der Waals surface area contributed by atoms with E-state index >= 15 is 0 Å². The van der Waals surface area contributed by atoms with Crippen molar-refractivity contribution in [2.75, 3.05) is 25.4 Å². The number of carbonyl (C=O) groups excluding carboxylic acids is 1. The van der Waals surface area contributed by atoms with Gasteiger partial charge in [-0.3, -0.25) is 9.69 Å². The first-order chi connectivity index (χ1) is 14.0. The van der Waals surface area contributed by atoms with Crippen molar-refractivity contribution in [3.8, 4) is 0 Å². The zero-order valence-electron chi connectivity index (χ0n) is 16.2. The molecule has 156 valence electrons. The molecular formula is C22H25ClF2N2OS. The fraction of sp³-hybridized carbons (Fsp3) is 0.409. The van der Waals surface area contributed by atoms with Crippen molar-refractivity contribution in [1.82, 2.24) is 10.2 Å². The molecule has 1 aliphatic heterocycles. The highest BCUT2D eigenvalue weighted by atomic mass is 35.5. The van der Waals surface area contributed by atoms with Crippen LogP contribution in [-0.2, 0) is 17.1 Å². The topological polar surface area (TPSA) is 32.3 Å². The number of benzene rings is 2. The highest BCUT2D eigenvalue weighted by Crippen LogP contribution is 2.24. The molecule has 1 amide bonds. The van der Waals surface area contributed by atoms with Gasteiger partial charge in [-0.1, -0.05) is 29.8 Å². The van der Waals surface area contributed by atoms with E-state index in [1.807, 2.05) is 0 Å². The van der Waals surface area contributed by atoms with Gasteiger partial charge in [-0.25, -0.2) is 8.78 Å². The van der Waals surface area contributed by atoms with E-state index in [0.717, 1.165) is 38.0 Å². The van der Waals surface area contributed by atoms with E-state index < -0.39 is 0 Å². The molecule has 1 fully saturated rings. The van der Waals surface area contributed by atoms with Gasteiger partial charge in [0.25, 0.3) is 0 Å². The number of rotatable bonds is 8. The molecule has 1 saturated heterocycles. The van der Waals surface area contributed by atoms with Gasteiger partial charge in [0.05, 0.1) is 0 Å². The summed E-state index contributed by atoms with van der Waals surface area (Å²) in [6.07, 6.45) is 1.65. The maximum Gasteiger partial charge on any atom is 0.223 e. The third-order valence-electron chi connectivity index (χ3n) is 5.13. The molecule has 29 heavy (non-hydrogen) atoms. The van der Waals surface area contributed by atoms with Gasteiger partial charge in [0, 0.05) is 41.1 Å². The molecule has 3 rings (SSSR count). The first-order valence-electron chi connectivity index (χ1n) is 9.78. The van der Waals surface area contributed by atoms with Crippen LogP contribution in [0.4, 0.5) is 8.78 Å². The van der Waals surface area contributed by atoms with Gasteiger partial charge in [-0.2, -0.15) is 11.8 Å². The summed E-state index contributed by atoms with van der Waals surface area (Å²) < 4.78 is 26.7. The average molecular weight is 439 g/mol. The summed E-state index contributed by atoms with van der Waals surface area (Å²) in [5, 5.41) is 3.43. The smallest absolute Gasteiger partial charge is 0.223 e. The molecule has 1 heterocycles. The lowest BCUT2D eigenvalue weighted by atomic mass is 9.95. The Balaban J connectivity index is 1.32. The molecule has 0 radical (unpaired) electrons. The number of nitrogens with zero attached hydrogens (tertiary/aromatic N) is 1. The minimum atomic E-state index is -0.290. The van der Waals surface area contributed by atoms with Crippen LogP contribution in [0.3, 0.4) is 0 Å². The normalized spacial score (nSPS) is 15.4. The van der Waals surface area contributed by atoms with Crippen molar-refractivity contribution in [3.05, 3.63) is 70.2 Å². The van der Waals surface area contributed by atoms with E-state index in [2.05, 4.69) is 10.2 Å². The van der Waals surface area contributed by atoms with Crippen molar-refractivity contribution in [3.63, 3.8) is 0 Å². The molecule has 0 bridgehead atoms. The number of piperidine rings is 1. The lowest BCUT2D eigenvalue weighted by Gasteiger charge is -2.31. The van der Waals surface area contributed by atoms with Gasteiger partial charge in [-0.05, 0) is 55.8 Å². The Hall–Kier alpha value is -1.63. The second kappa shape index (κ2) is 11.0. The monoisotopic (exact) mass is 438 g/mol. The van der Waals surface area contributed by atoms with Crippen LogP contribution in [-0.4, -0.2) is 36.2 Å². The predicted molar refractivity (Wildman–Crippen MR) is 115 cm³/mol. The van der Waals surface area contributed by atoms with Gasteiger partial charge >= 0.3 is 0 Å². The Morgan fingerprint density at radius 2 is 1.86 bits per heavy atom. The van der Waals surface area contributed by atoms with Crippen LogP contribution in [0.25, 0.3) is 0 Å². The number of nitrogens with one attached hydrogen (secondary N) is 1. The standard InChI is InChI=1S/C22H25ClF2N2OS/c23-20-2-1-3-21(25)19(20)15-29-13-10-26-22(28)17-8-11-27(12-9-17)14-16-4-6-18(24)7-5-16/h1-7,17H,8-15H2,(H,26,28). The summed E-state index contributed by atoms with van der Waals surface area (Å²) in [6, 6.07) is 11.3. The van der Waals surface area contributed by atoms with Crippen LogP contribution < -0.4 is 5.32 Å². The fourth-order valence-corrected chi connectivity index (χ4v) is 4.63. The molecule has 0 aliphatic carbocycles. The van der Waals surface area contributed by atoms with Crippen molar-refractivity contribution < 1.29 is 13.6 Å². The number of hydrogen-bond acceptors (Lipinski definition) is 3. The lowest BCUT2D eigenvalue weighted by Crippen LogP contribution is -2.40. The SMILES string of the molecule is O=C(NCCSCc1c(F)cccc1Cl)C1CCN(Cc2ccc(F)cc2)CC1. The molecule has 3 nitrogen and oxygen atoms in total. The predicted octanol–water partition coefficient (Wildman–Crippen LogP) is 4.88. The largest absolute Gasteiger partial charge is 0.355 e. The molecule has 0 aromatic heterocycles. The molecule has 2 aromatic rings. The molecule has 1 aliphatic rings. The van der Waals surface area contributed by atoms with Crippen molar-refractivity contribution in [2.45, 2.75) is 25.1 Å². The molecule has 7 heteroatoms. The zero-order chi connectivity index (χ0) is 20.6. The quantitative estimate of drug-likeness (QED) is 0.596. The maximum absolute atomic E-state index is 13.7. The van der Waals surface area contributed by atoms with Crippen LogP contribution in [0.15, 0.2) is 42.5 Å². The first kappa shape index (κ1) is 22.1. The maximum atomic E-state index is 13.7. The van der Waals surface area contributed by atoms with E-state index in [9.17, 15) is 13.6 Å².